The Balaban J connectivity index is 1.97. The van der Waals surface area contributed by atoms with Gasteiger partial charge < -0.3 is 25.2 Å². The van der Waals surface area contributed by atoms with Gasteiger partial charge in [-0.2, -0.15) is 4.91 Å². The second kappa shape index (κ2) is 5.58. The molecule has 7 nitrogen and oxygen atoms in total. The summed E-state index contributed by atoms with van der Waals surface area (Å²) < 4.78 is 5.84. The fourth-order valence-electron chi connectivity index (χ4n) is 3.01. The number of hydrogen-bond donors (Lipinski definition) is 4. The standard InChI is InChI=1S/C16H17NO6/c1-7-10(17-22)6-12(19)9-5-14(21)16(23-15(7)9)8-2-3-11(18)13(20)4-8/h2-4,6-7,10,14,16,18-21H,5H2,1H3. The third kappa shape index (κ3) is 2.53. The molecule has 0 bridgehead atoms. The van der Waals surface area contributed by atoms with Crippen LogP contribution in [0.15, 0.2) is 46.5 Å². The molecule has 0 saturated heterocycles. The van der Waals surface area contributed by atoms with Gasteiger partial charge in [0.05, 0.1) is 6.10 Å². The fraction of sp³-hybridized carbons (Fsp3) is 0.375. The van der Waals surface area contributed by atoms with Gasteiger partial charge in [0.15, 0.2) is 11.5 Å². The van der Waals surface area contributed by atoms with E-state index in [4.69, 9.17) is 4.74 Å². The van der Waals surface area contributed by atoms with E-state index in [1.54, 1.807) is 6.92 Å². The summed E-state index contributed by atoms with van der Waals surface area (Å²) in [5.74, 6) is -0.633. The predicted octanol–water partition coefficient (Wildman–Crippen LogP) is 2.40. The van der Waals surface area contributed by atoms with E-state index in [0.717, 1.165) is 0 Å². The van der Waals surface area contributed by atoms with E-state index < -0.39 is 18.2 Å². The van der Waals surface area contributed by atoms with E-state index in [2.05, 4.69) is 5.18 Å². The first-order valence-corrected chi connectivity index (χ1v) is 7.25. The summed E-state index contributed by atoms with van der Waals surface area (Å²) in [6.45, 7) is 1.76. The molecular formula is C16H17NO6. The molecule has 3 rings (SSSR count). The van der Waals surface area contributed by atoms with Crippen LogP contribution >= 0.6 is 0 Å². The van der Waals surface area contributed by atoms with Crippen LogP contribution in [0, 0.1) is 10.8 Å². The van der Waals surface area contributed by atoms with E-state index in [9.17, 15) is 25.3 Å². The maximum Gasteiger partial charge on any atom is 0.157 e. The lowest BCUT2D eigenvalue weighted by Gasteiger charge is -2.37. The highest BCUT2D eigenvalue weighted by molar-refractivity contribution is 5.43. The van der Waals surface area contributed by atoms with Gasteiger partial charge in [0, 0.05) is 17.9 Å². The number of ether oxygens (including phenoxy) is 1. The summed E-state index contributed by atoms with van der Waals surface area (Å²) >= 11 is 0. The minimum Gasteiger partial charge on any atom is -0.508 e. The van der Waals surface area contributed by atoms with E-state index >= 15 is 0 Å². The number of phenols is 2. The Labute approximate surface area is 132 Å². The van der Waals surface area contributed by atoms with E-state index in [1.165, 1.54) is 24.3 Å². The van der Waals surface area contributed by atoms with Crippen molar-refractivity contribution < 1.29 is 25.2 Å². The molecule has 4 atom stereocenters. The van der Waals surface area contributed by atoms with Crippen LogP contribution in [0.1, 0.15) is 25.0 Å². The molecule has 23 heavy (non-hydrogen) atoms. The topological polar surface area (TPSA) is 120 Å². The highest BCUT2D eigenvalue weighted by atomic mass is 16.5. The molecule has 1 heterocycles. The average molecular weight is 319 g/mol. The Kier molecular flexibility index (Phi) is 3.73. The lowest BCUT2D eigenvalue weighted by atomic mass is 9.84. The van der Waals surface area contributed by atoms with Crippen LogP contribution in [-0.4, -0.2) is 32.6 Å². The average Bonchev–Trinajstić information content (AvgIpc) is 2.53. The zero-order chi connectivity index (χ0) is 16.7. The van der Waals surface area contributed by atoms with Crippen molar-refractivity contribution in [3.05, 3.63) is 51.8 Å². The maximum atomic E-state index is 10.9. The van der Waals surface area contributed by atoms with Gasteiger partial charge in [0.25, 0.3) is 0 Å². The van der Waals surface area contributed by atoms with Crippen molar-refractivity contribution in [2.75, 3.05) is 0 Å². The Hall–Kier alpha value is -2.54. The van der Waals surface area contributed by atoms with E-state index in [-0.39, 0.29) is 29.6 Å². The molecule has 0 radical (unpaired) electrons. The van der Waals surface area contributed by atoms with Crippen molar-refractivity contribution in [3.8, 4) is 11.5 Å². The summed E-state index contributed by atoms with van der Waals surface area (Å²) in [6.07, 6.45) is -0.207. The number of rotatable bonds is 2. The molecule has 0 fully saturated rings. The second-order valence-corrected chi connectivity index (χ2v) is 5.84. The van der Waals surface area contributed by atoms with Crippen LogP contribution in [0.5, 0.6) is 11.5 Å². The van der Waals surface area contributed by atoms with Gasteiger partial charge in [-0.15, -0.1) is 0 Å². The highest BCUT2D eigenvalue weighted by Gasteiger charge is 2.40. The Morgan fingerprint density at radius 2 is 1.96 bits per heavy atom. The summed E-state index contributed by atoms with van der Waals surface area (Å²) in [4.78, 5) is 10.9. The number of aliphatic hydroxyl groups excluding tert-OH is 2. The van der Waals surface area contributed by atoms with Crippen molar-refractivity contribution in [1.29, 1.82) is 0 Å². The summed E-state index contributed by atoms with van der Waals surface area (Å²) in [5.41, 5.74) is 0.945. The highest BCUT2D eigenvalue weighted by Crippen LogP contribution is 2.44. The minimum atomic E-state index is -0.943. The molecule has 0 saturated carbocycles. The lowest BCUT2D eigenvalue weighted by Crippen LogP contribution is -2.34. The molecule has 4 unspecified atom stereocenters. The van der Waals surface area contributed by atoms with Crippen molar-refractivity contribution in [2.24, 2.45) is 11.1 Å². The van der Waals surface area contributed by atoms with Gasteiger partial charge in [-0.3, -0.25) is 0 Å². The number of allylic oxidation sites excluding steroid dienone is 1. The van der Waals surface area contributed by atoms with Crippen LogP contribution in [0.4, 0.5) is 0 Å². The molecule has 0 spiro atoms. The van der Waals surface area contributed by atoms with Gasteiger partial charge in [0.1, 0.15) is 23.7 Å². The second-order valence-electron chi connectivity index (χ2n) is 5.84. The molecule has 4 N–H and O–H groups in total. The molecule has 1 aliphatic heterocycles. The van der Waals surface area contributed by atoms with Crippen molar-refractivity contribution in [2.45, 2.75) is 31.6 Å². The van der Waals surface area contributed by atoms with Crippen molar-refractivity contribution in [3.63, 3.8) is 0 Å². The SMILES string of the molecule is CC1C2=C(CC(O)C(c3ccc(O)c(O)c3)O2)C(O)=CC1N=O. The number of benzene rings is 1. The molecule has 1 aliphatic carbocycles. The number of aromatic hydroxyl groups is 2. The number of hydrogen-bond acceptors (Lipinski definition) is 7. The van der Waals surface area contributed by atoms with Crippen LogP contribution < -0.4 is 0 Å². The molecule has 0 amide bonds. The Morgan fingerprint density at radius 1 is 1.22 bits per heavy atom. The third-order valence-corrected chi connectivity index (χ3v) is 4.33. The van der Waals surface area contributed by atoms with Gasteiger partial charge in [-0.25, -0.2) is 0 Å². The monoisotopic (exact) mass is 319 g/mol. The molecule has 7 heteroatoms. The van der Waals surface area contributed by atoms with Crippen molar-refractivity contribution >= 4 is 0 Å². The van der Waals surface area contributed by atoms with Crippen LogP contribution in [-0.2, 0) is 4.74 Å². The molecule has 1 aromatic rings. The molecule has 0 aromatic heterocycles. The zero-order valence-electron chi connectivity index (χ0n) is 12.4. The largest absolute Gasteiger partial charge is 0.508 e. The Bertz CT molecular complexity index is 711. The third-order valence-electron chi connectivity index (χ3n) is 4.33. The Morgan fingerprint density at radius 3 is 2.61 bits per heavy atom. The predicted molar refractivity (Wildman–Crippen MR) is 80.7 cm³/mol. The first-order chi connectivity index (χ1) is 10.9. The van der Waals surface area contributed by atoms with Crippen LogP contribution in [0.2, 0.25) is 0 Å². The van der Waals surface area contributed by atoms with Gasteiger partial charge in [-0.1, -0.05) is 18.2 Å². The fourth-order valence-corrected chi connectivity index (χ4v) is 3.01. The summed E-state index contributed by atoms with van der Waals surface area (Å²) in [7, 11) is 0. The number of nitrogens with zero attached hydrogens (tertiary/aromatic N) is 1. The first kappa shape index (κ1) is 15.4. The summed E-state index contributed by atoms with van der Waals surface area (Å²) in [5, 5.41) is 42.3. The van der Waals surface area contributed by atoms with E-state index in [0.29, 0.717) is 16.9 Å². The summed E-state index contributed by atoms with van der Waals surface area (Å²) in [6, 6.07) is 3.42. The normalized spacial score (nSPS) is 30.3. The molecule has 2 aliphatic rings. The van der Waals surface area contributed by atoms with Gasteiger partial charge >= 0.3 is 0 Å². The van der Waals surface area contributed by atoms with Crippen LogP contribution in [0.3, 0.4) is 0 Å². The lowest BCUT2D eigenvalue weighted by molar-refractivity contribution is -0.0345. The van der Waals surface area contributed by atoms with Crippen LogP contribution in [0.25, 0.3) is 0 Å². The molecular weight excluding hydrogens is 302 g/mol. The number of aliphatic hydroxyl groups is 2. The first-order valence-electron chi connectivity index (χ1n) is 7.25. The van der Waals surface area contributed by atoms with Gasteiger partial charge in [-0.05, 0) is 23.8 Å². The number of nitroso groups, excluding NO2 is 1. The maximum absolute atomic E-state index is 10.9. The smallest absolute Gasteiger partial charge is 0.157 e. The number of phenolic OH excluding ortho intramolecular Hbond substituents is 2. The van der Waals surface area contributed by atoms with E-state index in [1.807, 2.05) is 0 Å². The minimum absolute atomic E-state index is 0.103. The zero-order valence-corrected chi connectivity index (χ0v) is 12.4. The van der Waals surface area contributed by atoms with Gasteiger partial charge in [0.2, 0.25) is 0 Å². The molecule has 122 valence electrons. The molecule has 1 aromatic carbocycles. The van der Waals surface area contributed by atoms with Crippen molar-refractivity contribution in [1.82, 2.24) is 0 Å². The quantitative estimate of drug-likeness (QED) is 0.491.